The predicted octanol–water partition coefficient (Wildman–Crippen LogP) is 3.87. The first-order valence-corrected chi connectivity index (χ1v) is 8.76. The van der Waals surface area contributed by atoms with Gasteiger partial charge in [0.05, 0.1) is 6.10 Å². The maximum absolute atomic E-state index is 6.54. The van der Waals surface area contributed by atoms with E-state index in [9.17, 15) is 0 Å². The highest BCUT2D eigenvalue weighted by Crippen LogP contribution is 2.54. The minimum absolute atomic E-state index is 0.0803. The highest BCUT2D eigenvalue weighted by atomic mass is 28.4. The molecule has 1 fully saturated rings. The van der Waals surface area contributed by atoms with E-state index in [-0.39, 0.29) is 10.1 Å². The minimum Gasteiger partial charge on any atom is -0.394 e. The van der Waals surface area contributed by atoms with E-state index >= 15 is 0 Å². The van der Waals surface area contributed by atoms with Crippen LogP contribution in [-0.4, -0.2) is 35.0 Å². The van der Waals surface area contributed by atoms with Gasteiger partial charge < -0.3 is 13.6 Å². The van der Waals surface area contributed by atoms with Gasteiger partial charge in [-0.3, -0.25) is 0 Å². The first-order valence-electron chi connectivity index (χ1n) is 6.95. The summed E-state index contributed by atoms with van der Waals surface area (Å²) in [6.45, 7) is 15.1. The summed E-state index contributed by atoms with van der Waals surface area (Å²) in [5.41, 5.74) is 0. The molecule has 0 aromatic heterocycles. The fourth-order valence-electron chi connectivity index (χ4n) is 3.03. The van der Waals surface area contributed by atoms with Crippen LogP contribution in [0, 0.1) is 0 Å². The number of hydrogen-bond acceptors (Lipinski definition) is 3. The summed E-state index contributed by atoms with van der Waals surface area (Å²) in [5.74, 6) is 0. The van der Waals surface area contributed by atoms with Gasteiger partial charge >= 0.3 is 8.56 Å². The minimum atomic E-state index is -2.25. The van der Waals surface area contributed by atoms with Gasteiger partial charge in [0.25, 0.3) is 0 Å². The normalized spacial score (nSPS) is 25.2. The summed E-state index contributed by atoms with van der Waals surface area (Å²) in [6, 6.07) is 0. The lowest BCUT2D eigenvalue weighted by molar-refractivity contribution is 0.00566. The highest BCUT2D eigenvalue weighted by molar-refractivity contribution is 6.73. The number of methoxy groups -OCH3 is 1. The lowest BCUT2D eigenvalue weighted by Gasteiger charge is -2.53. The molecule has 0 radical (unpaired) electrons. The molecule has 0 spiro atoms. The van der Waals surface area contributed by atoms with Crippen LogP contribution in [0.2, 0.25) is 10.1 Å². The van der Waals surface area contributed by atoms with Crippen LogP contribution >= 0.6 is 0 Å². The van der Waals surface area contributed by atoms with Gasteiger partial charge in [0.2, 0.25) is 0 Å². The zero-order valence-corrected chi connectivity index (χ0v) is 14.1. The molecule has 108 valence electrons. The first kappa shape index (κ1) is 16.2. The lowest BCUT2D eigenvalue weighted by Crippen LogP contribution is -2.61. The van der Waals surface area contributed by atoms with Gasteiger partial charge in [-0.2, -0.15) is 0 Å². The summed E-state index contributed by atoms with van der Waals surface area (Å²) in [7, 11) is -0.507. The van der Waals surface area contributed by atoms with Gasteiger partial charge in [-0.05, 0) is 12.8 Å². The van der Waals surface area contributed by atoms with Crippen LogP contribution in [0.15, 0.2) is 0 Å². The smallest absolute Gasteiger partial charge is 0.349 e. The molecule has 4 heteroatoms. The quantitative estimate of drug-likeness (QED) is 0.731. The molecule has 0 saturated carbocycles. The average Bonchev–Trinajstić information content (AvgIpc) is 2.23. The zero-order chi connectivity index (χ0) is 14.0. The molecule has 0 bridgehead atoms. The van der Waals surface area contributed by atoms with Crippen LogP contribution in [0.25, 0.3) is 0 Å². The number of hydrogen-bond donors (Lipinski definition) is 0. The van der Waals surface area contributed by atoms with E-state index in [1.807, 2.05) is 0 Å². The first-order chi connectivity index (χ1) is 8.14. The van der Waals surface area contributed by atoms with Crippen molar-refractivity contribution in [3.8, 4) is 0 Å². The molecule has 0 amide bonds. The van der Waals surface area contributed by atoms with Crippen molar-refractivity contribution in [3.63, 3.8) is 0 Å². The Kier molecular flexibility index (Phi) is 5.04. The Balaban J connectivity index is 2.91. The maximum atomic E-state index is 6.54. The molecule has 0 aliphatic carbocycles. The van der Waals surface area contributed by atoms with Gasteiger partial charge in [-0.25, -0.2) is 0 Å². The van der Waals surface area contributed by atoms with Gasteiger partial charge in [0, 0.05) is 30.4 Å². The van der Waals surface area contributed by atoms with E-state index in [0.717, 1.165) is 26.1 Å². The second-order valence-electron chi connectivity index (χ2n) is 7.28. The molecule has 0 N–H and O–H groups in total. The SMILES string of the molecule is COCCC1CCO[Si](C(C)(C)C)(C(C)(C)C)O1. The molecule has 0 aromatic rings. The Morgan fingerprint density at radius 2 is 1.67 bits per heavy atom. The zero-order valence-electron chi connectivity index (χ0n) is 13.1. The fraction of sp³-hybridized carbons (Fsp3) is 1.00. The third-order valence-corrected chi connectivity index (χ3v) is 8.92. The highest BCUT2D eigenvalue weighted by Gasteiger charge is 2.60. The molecular formula is C14H30O3Si. The van der Waals surface area contributed by atoms with Crippen molar-refractivity contribution in [2.24, 2.45) is 0 Å². The van der Waals surface area contributed by atoms with E-state index in [2.05, 4.69) is 41.5 Å². The van der Waals surface area contributed by atoms with E-state index in [0.29, 0.717) is 6.10 Å². The molecule has 1 unspecified atom stereocenters. The summed E-state index contributed by atoms with van der Waals surface area (Å²) >= 11 is 0. The van der Waals surface area contributed by atoms with Crippen LogP contribution in [0.3, 0.4) is 0 Å². The maximum Gasteiger partial charge on any atom is 0.349 e. The van der Waals surface area contributed by atoms with Crippen molar-refractivity contribution < 1.29 is 13.6 Å². The summed E-state index contributed by atoms with van der Waals surface area (Å²) in [6.07, 6.45) is 2.26. The molecular weight excluding hydrogens is 244 g/mol. The second kappa shape index (κ2) is 5.61. The summed E-state index contributed by atoms with van der Waals surface area (Å²) in [5, 5.41) is 0.161. The molecule has 1 rings (SSSR count). The number of rotatable bonds is 3. The van der Waals surface area contributed by atoms with Gasteiger partial charge in [-0.1, -0.05) is 41.5 Å². The van der Waals surface area contributed by atoms with Crippen molar-refractivity contribution in [2.75, 3.05) is 20.3 Å². The topological polar surface area (TPSA) is 27.7 Å². The standard InChI is InChI=1S/C14H30O3Si/c1-13(2,3)18(14(4,5)6)16-11-9-12(17-18)8-10-15-7/h12H,8-11H2,1-7H3. The lowest BCUT2D eigenvalue weighted by atomic mass is 10.2. The third-order valence-electron chi connectivity index (χ3n) is 3.70. The van der Waals surface area contributed by atoms with Crippen molar-refractivity contribution in [2.45, 2.75) is 70.6 Å². The van der Waals surface area contributed by atoms with Crippen LogP contribution < -0.4 is 0 Å². The van der Waals surface area contributed by atoms with E-state index in [4.69, 9.17) is 13.6 Å². The Morgan fingerprint density at radius 1 is 1.11 bits per heavy atom. The molecule has 0 aromatic carbocycles. The van der Waals surface area contributed by atoms with Crippen molar-refractivity contribution in [1.29, 1.82) is 0 Å². The Hall–Kier alpha value is 0.0969. The molecule has 1 aliphatic rings. The van der Waals surface area contributed by atoms with Crippen molar-refractivity contribution >= 4 is 8.56 Å². The average molecular weight is 274 g/mol. The van der Waals surface area contributed by atoms with Crippen LogP contribution in [0.4, 0.5) is 0 Å². The van der Waals surface area contributed by atoms with Gasteiger partial charge in [-0.15, -0.1) is 0 Å². The predicted molar refractivity (Wildman–Crippen MR) is 77.1 cm³/mol. The third kappa shape index (κ3) is 3.16. The molecule has 18 heavy (non-hydrogen) atoms. The van der Waals surface area contributed by atoms with Crippen LogP contribution in [0.1, 0.15) is 54.4 Å². The molecule has 1 saturated heterocycles. The molecule has 1 heterocycles. The summed E-state index contributed by atoms with van der Waals surface area (Å²) in [4.78, 5) is 0. The molecule has 1 aliphatic heterocycles. The van der Waals surface area contributed by atoms with E-state index < -0.39 is 8.56 Å². The van der Waals surface area contributed by atoms with Crippen LogP contribution in [0.5, 0.6) is 0 Å². The Bertz CT molecular complexity index is 251. The Labute approximate surface area is 113 Å². The summed E-state index contributed by atoms with van der Waals surface area (Å²) < 4.78 is 18.0. The van der Waals surface area contributed by atoms with E-state index in [1.54, 1.807) is 7.11 Å². The molecule has 3 nitrogen and oxygen atoms in total. The van der Waals surface area contributed by atoms with Gasteiger partial charge in [0.1, 0.15) is 0 Å². The van der Waals surface area contributed by atoms with Gasteiger partial charge in [0.15, 0.2) is 0 Å². The largest absolute Gasteiger partial charge is 0.394 e. The monoisotopic (exact) mass is 274 g/mol. The number of ether oxygens (including phenoxy) is 1. The Morgan fingerprint density at radius 3 is 2.11 bits per heavy atom. The van der Waals surface area contributed by atoms with Crippen LogP contribution in [-0.2, 0) is 13.6 Å². The van der Waals surface area contributed by atoms with Crippen molar-refractivity contribution in [3.05, 3.63) is 0 Å². The second-order valence-corrected chi connectivity index (χ2v) is 12.0. The fourth-order valence-corrected chi connectivity index (χ4v) is 8.03. The van der Waals surface area contributed by atoms with Crippen molar-refractivity contribution in [1.82, 2.24) is 0 Å². The van der Waals surface area contributed by atoms with E-state index in [1.165, 1.54) is 0 Å². The molecule has 1 atom stereocenters.